The number of nitrogens with one attached hydrogen (secondary N) is 2. The van der Waals surface area contributed by atoms with Gasteiger partial charge in [-0.25, -0.2) is 4.57 Å². The number of hydroxylamine groups is 1. The minimum Gasteiger partial charge on any atom is -1.00 e. The average molecular weight is 389 g/mol. The SMILES string of the molecule is CCCCCOP(=O)(O)ONCCNCCN.[H-].[H-].[H-].[H-].[H-].[Na+].[Na+].[Na+].[Na+].[Na+]. The van der Waals surface area contributed by atoms with Crippen molar-refractivity contribution in [1.82, 2.24) is 10.8 Å². The first kappa shape index (κ1) is 41.4. The molecule has 0 bridgehead atoms. The number of rotatable bonds is 12. The summed E-state index contributed by atoms with van der Waals surface area (Å²) in [6.45, 7) is 4.54. The van der Waals surface area contributed by atoms with Gasteiger partial charge in [-0.2, -0.15) is 10.1 Å². The molecule has 7 nitrogen and oxygen atoms in total. The fraction of sp³-hybridized carbons (Fsp3) is 1.00. The fourth-order valence-corrected chi connectivity index (χ4v) is 1.72. The van der Waals surface area contributed by atoms with Crippen LogP contribution in [0, 0.1) is 0 Å². The third-order valence-electron chi connectivity index (χ3n) is 1.91. The predicted molar refractivity (Wildman–Crippen MR) is 71.9 cm³/mol. The standard InChI is InChI=1S/C9H24N3O4P.5Na.5H/c1-2-3-4-9-15-17(13,14)16-12-8-7-11-6-5-10;;;;;;;;;;/h11-12H,2-10H2,1H3,(H,13,14);;;;;;;;;;/q;5*+1;5*-1. The summed E-state index contributed by atoms with van der Waals surface area (Å²) in [5.41, 5.74) is 7.66. The Morgan fingerprint density at radius 3 is 2.18 bits per heavy atom. The van der Waals surface area contributed by atoms with Gasteiger partial charge in [0, 0.05) is 26.2 Å². The minimum atomic E-state index is -3.95. The molecular formula is C9H29N3Na5O4P. The Morgan fingerprint density at radius 2 is 1.68 bits per heavy atom. The summed E-state index contributed by atoms with van der Waals surface area (Å²) in [4.78, 5) is 9.22. The molecular weight excluding hydrogens is 360 g/mol. The van der Waals surface area contributed by atoms with Crippen LogP contribution in [0.25, 0.3) is 0 Å². The fourth-order valence-electron chi connectivity index (χ4n) is 1.05. The second-order valence-electron chi connectivity index (χ2n) is 3.53. The second-order valence-corrected chi connectivity index (χ2v) is 4.91. The van der Waals surface area contributed by atoms with Crippen LogP contribution in [0.15, 0.2) is 0 Å². The maximum absolute atomic E-state index is 11.3. The molecule has 0 aromatic heterocycles. The molecule has 0 aromatic carbocycles. The van der Waals surface area contributed by atoms with Crippen LogP contribution in [-0.4, -0.2) is 37.7 Å². The van der Waals surface area contributed by atoms with Crippen molar-refractivity contribution in [3.8, 4) is 0 Å². The molecule has 1 unspecified atom stereocenters. The van der Waals surface area contributed by atoms with Crippen LogP contribution in [0.5, 0.6) is 0 Å². The third kappa shape index (κ3) is 32.6. The molecule has 114 valence electrons. The Labute approximate surface area is 252 Å². The molecule has 0 radical (unpaired) electrons. The monoisotopic (exact) mass is 389 g/mol. The normalized spacial score (nSPS) is 11.4. The van der Waals surface area contributed by atoms with E-state index >= 15 is 0 Å². The van der Waals surface area contributed by atoms with E-state index in [9.17, 15) is 9.46 Å². The molecule has 0 spiro atoms. The molecule has 22 heavy (non-hydrogen) atoms. The Hall–Kier alpha value is 4.99. The van der Waals surface area contributed by atoms with E-state index in [1.165, 1.54) is 0 Å². The topological polar surface area (TPSA) is 106 Å². The summed E-state index contributed by atoms with van der Waals surface area (Å²) >= 11 is 0. The quantitative estimate of drug-likeness (QED) is 0.114. The molecule has 0 rings (SSSR count). The number of phosphoric ester groups is 1. The largest absolute Gasteiger partial charge is 1.00 e. The van der Waals surface area contributed by atoms with Gasteiger partial charge in [0.1, 0.15) is 0 Å². The maximum Gasteiger partial charge on any atom is 1.00 e. The number of phosphoric acid groups is 1. The van der Waals surface area contributed by atoms with Crippen molar-refractivity contribution in [3.63, 3.8) is 0 Å². The van der Waals surface area contributed by atoms with Crippen LogP contribution in [-0.2, 0) is 13.7 Å². The van der Waals surface area contributed by atoms with Gasteiger partial charge in [-0.15, -0.1) is 0 Å². The summed E-state index contributed by atoms with van der Waals surface area (Å²) in [7, 11) is -3.95. The van der Waals surface area contributed by atoms with Gasteiger partial charge in [-0.05, 0) is 6.42 Å². The summed E-state index contributed by atoms with van der Waals surface area (Å²) in [6, 6.07) is 0. The zero-order valence-electron chi connectivity index (χ0n) is 20.4. The molecule has 0 aliphatic carbocycles. The van der Waals surface area contributed by atoms with Crippen LogP contribution in [0.1, 0.15) is 33.3 Å². The smallest absolute Gasteiger partial charge is 1.00 e. The van der Waals surface area contributed by atoms with Crippen molar-refractivity contribution in [2.45, 2.75) is 26.2 Å². The maximum atomic E-state index is 11.3. The van der Waals surface area contributed by atoms with Gasteiger partial charge in [0.2, 0.25) is 0 Å². The van der Waals surface area contributed by atoms with Crippen LogP contribution in [0.2, 0.25) is 0 Å². The van der Waals surface area contributed by atoms with Crippen LogP contribution >= 0.6 is 7.82 Å². The van der Waals surface area contributed by atoms with Crippen LogP contribution < -0.4 is 164 Å². The molecule has 0 aromatic rings. The molecule has 0 aliphatic rings. The van der Waals surface area contributed by atoms with E-state index < -0.39 is 7.82 Å². The van der Waals surface area contributed by atoms with E-state index in [0.29, 0.717) is 26.2 Å². The van der Waals surface area contributed by atoms with Crippen LogP contribution in [0.3, 0.4) is 0 Å². The van der Waals surface area contributed by atoms with E-state index in [-0.39, 0.29) is 162 Å². The minimum absolute atomic E-state index is 0. The zero-order valence-corrected chi connectivity index (χ0v) is 26.2. The molecule has 0 fully saturated rings. The third-order valence-corrected chi connectivity index (χ3v) is 2.78. The van der Waals surface area contributed by atoms with Crippen LogP contribution in [0.4, 0.5) is 0 Å². The summed E-state index contributed by atoms with van der Waals surface area (Å²) in [6.07, 6.45) is 2.75. The van der Waals surface area contributed by atoms with Gasteiger partial charge in [0.25, 0.3) is 0 Å². The number of hydrogen-bond acceptors (Lipinski definition) is 6. The Kier molecular flexibility index (Phi) is 57.8. The van der Waals surface area contributed by atoms with Gasteiger partial charge in [-0.1, -0.05) is 19.8 Å². The Balaban J connectivity index is -0.0000000284. The second kappa shape index (κ2) is 30.7. The molecule has 0 saturated heterocycles. The number of nitrogens with two attached hydrogens (primary N) is 1. The number of hydrogen-bond donors (Lipinski definition) is 4. The van der Waals surface area contributed by atoms with E-state index in [1.54, 1.807) is 0 Å². The first-order chi connectivity index (χ1) is 8.12. The predicted octanol–water partition coefficient (Wildman–Crippen LogP) is -14.1. The first-order valence-corrected chi connectivity index (χ1v) is 7.41. The number of unbranched alkanes of at least 4 members (excludes halogenated alkanes) is 2. The molecule has 5 N–H and O–H groups in total. The van der Waals surface area contributed by atoms with Gasteiger partial charge < -0.3 is 23.1 Å². The van der Waals surface area contributed by atoms with Crippen molar-refractivity contribution in [1.29, 1.82) is 0 Å². The van der Waals surface area contributed by atoms with Crippen molar-refractivity contribution in [2.75, 3.05) is 32.8 Å². The van der Waals surface area contributed by atoms with Gasteiger partial charge in [0.15, 0.2) is 0 Å². The molecule has 0 aliphatic heterocycles. The van der Waals surface area contributed by atoms with Gasteiger partial charge >= 0.3 is 156 Å². The van der Waals surface area contributed by atoms with E-state index in [0.717, 1.165) is 19.3 Å². The van der Waals surface area contributed by atoms with Crippen molar-refractivity contribution >= 4 is 7.82 Å². The van der Waals surface area contributed by atoms with Crippen molar-refractivity contribution in [2.24, 2.45) is 5.73 Å². The molecule has 13 heteroatoms. The van der Waals surface area contributed by atoms with Crippen molar-refractivity contribution in [3.05, 3.63) is 0 Å². The zero-order chi connectivity index (χ0) is 13.0. The van der Waals surface area contributed by atoms with E-state index in [1.807, 2.05) is 6.92 Å². The molecule has 0 amide bonds. The van der Waals surface area contributed by atoms with E-state index in [4.69, 9.17) is 10.3 Å². The first-order valence-electron chi connectivity index (χ1n) is 5.92. The Morgan fingerprint density at radius 1 is 1.09 bits per heavy atom. The van der Waals surface area contributed by atoms with E-state index in [2.05, 4.69) is 15.4 Å². The van der Waals surface area contributed by atoms with Gasteiger partial charge in [0.05, 0.1) is 6.61 Å². The van der Waals surface area contributed by atoms with Crippen molar-refractivity contribution < 1.29 is 174 Å². The average Bonchev–Trinajstić information content (AvgIpc) is 2.29. The molecule has 0 saturated carbocycles. The van der Waals surface area contributed by atoms with Gasteiger partial charge in [-0.3, -0.25) is 4.52 Å². The summed E-state index contributed by atoms with van der Waals surface area (Å²) in [5, 5.41) is 3.00. The Bertz CT molecular complexity index is 254. The summed E-state index contributed by atoms with van der Waals surface area (Å²) < 4.78 is 20.6. The molecule has 0 heterocycles. The molecule has 1 atom stereocenters. The summed E-state index contributed by atoms with van der Waals surface area (Å²) in [5.74, 6) is 0.